The molecule has 0 radical (unpaired) electrons. The SMILES string of the molecule is Cc1noc(C(NC(=O)N2CCCCC2CCO)C(C)C)n1. The molecule has 2 amide bonds. The first-order valence-corrected chi connectivity index (χ1v) is 8.01. The molecule has 1 fully saturated rings. The third-order valence-electron chi connectivity index (χ3n) is 4.11. The average Bonchev–Trinajstić information content (AvgIpc) is 2.91. The number of amides is 2. The number of hydrogen-bond donors (Lipinski definition) is 2. The largest absolute Gasteiger partial charge is 0.396 e. The van der Waals surface area contributed by atoms with Gasteiger partial charge in [0, 0.05) is 19.2 Å². The van der Waals surface area contributed by atoms with E-state index >= 15 is 0 Å². The van der Waals surface area contributed by atoms with Crippen LogP contribution in [0.2, 0.25) is 0 Å². The standard InChI is InChI=1S/C15H26N4O3/c1-10(2)13(14-16-11(3)18-22-14)17-15(21)19-8-5-4-6-12(19)7-9-20/h10,12-13,20H,4-9H2,1-3H3,(H,17,21). The fourth-order valence-corrected chi connectivity index (χ4v) is 2.89. The zero-order valence-electron chi connectivity index (χ0n) is 13.6. The minimum absolute atomic E-state index is 0.102. The molecule has 7 heteroatoms. The predicted octanol–water partition coefficient (Wildman–Crippen LogP) is 2.02. The Morgan fingerprint density at radius 1 is 1.50 bits per heavy atom. The quantitative estimate of drug-likeness (QED) is 0.868. The van der Waals surface area contributed by atoms with E-state index < -0.39 is 0 Å². The highest BCUT2D eigenvalue weighted by Crippen LogP contribution is 2.23. The molecule has 2 heterocycles. The van der Waals surface area contributed by atoms with E-state index in [-0.39, 0.29) is 30.6 Å². The molecular weight excluding hydrogens is 284 g/mol. The van der Waals surface area contributed by atoms with E-state index in [1.54, 1.807) is 6.92 Å². The summed E-state index contributed by atoms with van der Waals surface area (Å²) in [5.74, 6) is 1.15. The molecule has 124 valence electrons. The molecule has 2 atom stereocenters. The molecule has 2 N–H and O–H groups in total. The highest BCUT2D eigenvalue weighted by atomic mass is 16.5. The van der Waals surface area contributed by atoms with Crippen molar-refractivity contribution in [3.05, 3.63) is 11.7 Å². The van der Waals surface area contributed by atoms with E-state index in [0.29, 0.717) is 18.1 Å². The summed E-state index contributed by atoms with van der Waals surface area (Å²) < 4.78 is 5.22. The predicted molar refractivity (Wildman–Crippen MR) is 81.2 cm³/mol. The molecule has 0 aliphatic carbocycles. The van der Waals surface area contributed by atoms with E-state index in [1.807, 2.05) is 18.7 Å². The summed E-state index contributed by atoms with van der Waals surface area (Å²) in [6.07, 6.45) is 3.67. The van der Waals surface area contributed by atoms with Gasteiger partial charge in [0.2, 0.25) is 5.89 Å². The Hall–Kier alpha value is -1.63. The number of aliphatic hydroxyl groups is 1. The highest BCUT2D eigenvalue weighted by molar-refractivity contribution is 5.75. The van der Waals surface area contributed by atoms with Crippen LogP contribution in [-0.4, -0.2) is 45.4 Å². The number of nitrogens with zero attached hydrogens (tertiary/aromatic N) is 3. The molecule has 1 aromatic rings. The zero-order chi connectivity index (χ0) is 16.1. The van der Waals surface area contributed by atoms with Crippen LogP contribution < -0.4 is 5.32 Å². The number of rotatable bonds is 5. The summed E-state index contributed by atoms with van der Waals surface area (Å²) in [6, 6.07) is -0.311. The number of carbonyl (C=O) groups excluding carboxylic acids is 1. The third kappa shape index (κ3) is 3.97. The highest BCUT2D eigenvalue weighted by Gasteiger charge is 2.30. The normalized spacial score (nSPS) is 20.2. The molecule has 1 saturated heterocycles. The van der Waals surface area contributed by atoms with Crippen LogP contribution in [0, 0.1) is 12.8 Å². The summed E-state index contributed by atoms with van der Waals surface area (Å²) in [5.41, 5.74) is 0. The van der Waals surface area contributed by atoms with E-state index in [0.717, 1.165) is 25.8 Å². The Labute approximate surface area is 131 Å². The van der Waals surface area contributed by atoms with Crippen LogP contribution in [0.25, 0.3) is 0 Å². The lowest BCUT2D eigenvalue weighted by Gasteiger charge is -2.36. The molecule has 0 bridgehead atoms. The number of aliphatic hydroxyl groups excluding tert-OH is 1. The average molecular weight is 310 g/mol. The molecule has 0 aromatic carbocycles. The molecule has 0 spiro atoms. The number of nitrogens with one attached hydrogen (secondary N) is 1. The van der Waals surface area contributed by atoms with Gasteiger partial charge in [-0.1, -0.05) is 19.0 Å². The van der Waals surface area contributed by atoms with Crippen LogP contribution >= 0.6 is 0 Å². The summed E-state index contributed by atoms with van der Waals surface area (Å²) >= 11 is 0. The van der Waals surface area contributed by atoms with Crippen molar-refractivity contribution in [1.82, 2.24) is 20.4 Å². The van der Waals surface area contributed by atoms with Gasteiger partial charge in [-0.15, -0.1) is 0 Å². The van der Waals surface area contributed by atoms with E-state index in [2.05, 4.69) is 15.5 Å². The summed E-state index contributed by atoms with van der Waals surface area (Å²) in [6.45, 7) is 6.60. The fraction of sp³-hybridized carbons (Fsp3) is 0.800. The fourth-order valence-electron chi connectivity index (χ4n) is 2.89. The van der Waals surface area contributed by atoms with Crippen LogP contribution in [-0.2, 0) is 0 Å². The van der Waals surface area contributed by atoms with Crippen LogP contribution in [0.15, 0.2) is 4.52 Å². The molecule has 7 nitrogen and oxygen atoms in total. The van der Waals surface area contributed by atoms with Crippen molar-refractivity contribution in [3.8, 4) is 0 Å². The van der Waals surface area contributed by atoms with Crippen molar-refractivity contribution in [3.63, 3.8) is 0 Å². The monoisotopic (exact) mass is 310 g/mol. The molecule has 1 aliphatic heterocycles. The second-order valence-corrected chi connectivity index (χ2v) is 6.21. The summed E-state index contributed by atoms with van der Waals surface area (Å²) in [5, 5.41) is 16.0. The van der Waals surface area contributed by atoms with Gasteiger partial charge in [-0.2, -0.15) is 4.98 Å². The topological polar surface area (TPSA) is 91.5 Å². The van der Waals surface area contributed by atoms with Crippen molar-refractivity contribution in [1.29, 1.82) is 0 Å². The number of hydrogen-bond acceptors (Lipinski definition) is 5. The van der Waals surface area contributed by atoms with Crippen molar-refractivity contribution >= 4 is 6.03 Å². The van der Waals surface area contributed by atoms with Crippen molar-refractivity contribution < 1.29 is 14.4 Å². The van der Waals surface area contributed by atoms with E-state index in [9.17, 15) is 9.90 Å². The first-order valence-electron chi connectivity index (χ1n) is 8.01. The van der Waals surface area contributed by atoms with Crippen molar-refractivity contribution in [2.24, 2.45) is 5.92 Å². The van der Waals surface area contributed by atoms with Gasteiger partial charge in [0.1, 0.15) is 6.04 Å². The number of carbonyl (C=O) groups is 1. The molecule has 1 aromatic heterocycles. The molecule has 2 unspecified atom stereocenters. The molecule has 22 heavy (non-hydrogen) atoms. The number of aromatic nitrogens is 2. The Kier molecular flexibility index (Phi) is 5.76. The van der Waals surface area contributed by atoms with Gasteiger partial charge in [-0.05, 0) is 38.5 Å². The smallest absolute Gasteiger partial charge is 0.318 e. The maximum absolute atomic E-state index is 12.6. The minimum Gasteiger partial charge on any atom is -0.396 e. The molecular formula is C15H26N4O3. The lowest BCUT2D eigenvalue weighted by molar-refractivity contribution is 0.125. The first kappa shape index (κ1) is 16.7. The van der Waals surface area contributed by atoms with Crippen LogP contribution in [0.3, 0.4) is 0 Å². The second-order valence-electron chi connectivity index (χ2n) is 6.21. The Morgan fingerprint density at radius 3 is 2.86 bits per heavy atom. The molecule has 2 rings (SSSR count). The number of urea groups is 1. The maximum atomic E-state index is 12.6. The Morgan fingerprint density at radius 2 is 2.27 bits per heavy atom. The van der Waals surface area contributed by atoms with Gasteiger partial charge in [0.15, 0.2) is 5.82 Å². The van der Waals surface area contributed by atoms with Gasteiger partial charge in [-0.3, -0.25) is 0 Å². The van der Waals surface area contributed by atoms with Crippen molar-refractivity contribution in [2.75, 3.05) is 13.2 Å². The molecule has 0 saturated carbocycles. The number of aryl methyl sites for hydroxylation is 1. The number of likely N-dealkylation sites (tertiary alicyclic amines) is 1. The van der Waals surface area contributed by atoms with Gasteiger partial charge in [0.25, 0.3) is 0 Å². The number of piperidine rings is 1. The van der Waals surface area contributed by atoms with Gasteiger partial charge >= 0.3 is 6.03 Å². The van der Waals surface area contributed by atoms with Crippen LogP contribution in [0.4, 0.5) is 4.79 Å². The minimum atomic E-state index is -0.301. The maximum Gasteiger partial charge on any atom is 0.318 e. The van der Waals surface area contributed by atoms with Crippen LogP contribution in [0.1, 0.15) is 57.3 Å². The zero-order valence-corrected chi connectivity index (χ0v) is 13.6. The summed E-state index contributed by atoms with van der Waals surface area (Å²) in [7, 11) is 0. The Balaban J connectivity index is 2.06. The van der Waals surface area contributed by atoms with E-state index in [4.69, 9.17) is 4.52 Å². The first-order chi connectivity index (χ1) is 10.5. The van der Waals surface area contributed by atoms with Crippen molar-refractivity contribution in [2.45, 2.75) is 58.5 Å². The molecule has 1 aliphatic rings. The van der Waals surface area contributed by atoms with Crippen LogP contribution in [0.5, 0.6) is 0 Å². The second kappa shape index (κ2) is 7.58. The van der Waals surface area contributed by atoms with Gasteiger partial charge < -0.3 is 19.8 Å². The van der Waals surface area contributed by atoms with Gasteiger partial charge in [-0.25, -0.2) is 4.79 Å². The Bertz CT molecular complexity index is 487. The third-order valence-corrected chi connectivity index (χ3v) is 4.11. The van der Waals surface area contributed by atoms with Gasteiger partial charge in [0.05, 0.1) is 0 Å². The summed E-state index contributed by atoms with van der Waals surface area (Å²) in [4.78, 5) is 18.7. The lowest BCUT2D eigenvalue weighted by atomic mass is 9.99. The lowest BCUT2D eigenvalue weighted by Crippen LogP contribution is -2.50. The van der Waals surface area contributed by atoms with E-state index in [1.165, 1.54) is 0 Å².